The zero-order valence-corrected chi connectivity index (χ0v) is 16.5. The lowest BCUT2D eigenvalue weighted by molar-refractivity contribution is -0.393. The van der Waals surface area contributed by atoms with Crippen LogP contribution in [0, 0.1) is 20.2 Å². The van der Waals surface area contributed by atoms with Gasteiger partial charge in [-0.2, -0.15) is 0 Å². The molecule has 0 spiro atoms. The predicted octanol–water partition coefficient (Wildman–Crippen LogP) is 4.19. The van der Waals surface area contributed by atoms with E-state index >= 15 is 0 Å². The molecule has 9 nitrogen and oxygen atoms in total. The van der Waals surface area contributed by atoms with Crippen LogP contribution < -0.4 is 0 Å². The molecule has 3 aromatic rings. The predicted molar refractivity (Wildman–Crippen MR) is 111 cm³/mol. The van der Waals surface area contributed by atoms with E-state index < -0.39 is 36.8 Å². The summed E-state index contributed by atoms with van der Waals surface area (Å²) in [7, 11) is -3.98. The Morgan fingerprint density at radius 1 is 0.806 bits per heavy atom. The number of fused-ring (bicyclic) bond motifs is 3. The van der Waals surface area contributed by atoms with Crippen LogP contribution in [0.5, 0.6) is 0 Å². The highest BCUT2D eigenvalue weighted by Crippen LogP contribution is 2.45. The molecule has 0 amide bonds. The van der Waals surface area contributed by atoms with E-state index in [1.807, 2.05) is 0 Å². The molecule has 154 valence electrons. The number of benzene rings is 3. The van der Waals surface area contributed by atoms with Crippen LogP contribution in [0.3, 0.4) is 0 Å². The van der Waals surface area contributed by atoms with Crippen LogP contribution in [0.15, 0.2) is 71.0 Å². The van der Waals surface area contributed by atoms with Crippen LogP contribution in [0.4, 0.5) is 11.4 Å². The van der Waals surface area contributed by atoms with Crippen molar-refractivity contribution in [1.82, 2.24) is 0 Å². The lowest BCUT2D eigenvalue weighted by Gasteiger charge is -2.08. The van der Waals surface area contributed by atoms with Gasteiger partial charge in [-0.1, -0.05) is 24.8 Å². The summed E-state index contributed by atoms with van der Waals surface area (Å²) in [6, 6.07) is 11.4. The smallest absolute Gasteiger partial charge is 0.284 e. The van der Waals surface area contributed by atoms with Crippen LogP contribution in [0.1, 0.15) is 21.5 Å². The number of nitro groups is 2. The zero-order chi connectivity index (χ0) is 22.5. The molecule has 31 heavy (non-hydrogen) atoms. The third kappa shape index (κ3) is 3.09. The van der Waals surface area contributed by atoms with E-state index in [0.717, 1.165) is 17.7 Å². The molecule has 1 aliphatic carbocycles. The van der Waals surface area contributed by atoms with Gasteiger partial charge in [0.2, 0.25) is 9.84 Å². The van der Waals surface area contributed by atoms with E-state index in [0.29, 0.717) is 0 Å². The summed E-state index contributed by atoms with van der Waals surface area (Å²) in [5.74, 6) is -0.643. The number of sulfone groups is 1. The Morgan fingerprint density at radius 2 is 1.45 bits per heavy atom. The molecule has 0 radical (unpaired) electrons. The first-order valence-corrected chi connectivity index (χ1v) is 10.3. The fourth-order valence-electron chi connectivity index (χ4n) is 3.48. The maximum absolute atomic E-state index is 13.1. The molecule has 1 aliphatic rings. The van der Waals surface area contributed by atoms with Gasteiger partial charge >= 0.3 is 0 Å². The first kappa shape index (κ1) is 20.1. The Kier molecular flexibility index (Phi) is 4.51. The van der Waals surface area contributed by atoms with Gasteiger partial charge in [0, 0.05) is 22.8 Å². The minimum Gasteiger partial charge on any atom is -0.289 e. The third-order valence-electron chi connectivity index (χ3n) is 5.00. The molecule has 0 heterocycles. The lowest BCUT2D eigenvalue weighted by atomic mass is 10.0. The standard InChI is InChI=1S/C21H12N2O7S/c1-2-12-3-5-14(6-4-12)31(29,30)15-7-8-16-17(11-15)20-18(21(16)24)9-13(22(25)26)10-19(20)23(27)28/h2-11H,1H2. The fourth-order valence-corrected chi connectivity index (χ4v) is 4.77. The minimum absolute atomic E-state index is 0.000737. The zero-order valence-electron chi connectivity index (χ0n) is 15.6. The molecule has 0 saturated heterocycles. The van der Waals surface area contributed by atoms with E-state index in [1.165, 1.54) is 30.3 Å². The first-order chi connectivity index (χ1) is 14.6. The monoisotopic (exact) mass is 436 g/mol. The van der Waals surface area contributed by atoms with E-state index in [2.05, 4.69) is 6.58 Å². The van der Waals surface area contributed by atoms with Gasteiger partial charge in [-0.25, -0.2) is 8.42 Å². The van der Waals surface area contributed by atoms with Gasteiger partial charge in [0.1, 0.15) is 0 Å². The van der Waals surface area contributed by atoms with E-state index in [-0.39, 0.29) is 32.0 Å². The molecule has 10 heteroatoms. The van der Waals surface area contributed by atoms with Crippen LogP contribution in [0.25, 0.3) is 17.2 Å². The van der Waals surface area contributed by atoms with Gasteiger partial charge in [-0.15, -0.1) is 0 Å². The summed E-state index contributed by atoms with van der Waals surface area (Å²) >= 11 is 0. The molecule has 0 N–H and O–H groups in total. The number of nitrogens with zero attached hydrogens (tertiary/aromatic N) is 2. The lowest BCUT2D eigenvalue weighted by Crippen LogP contribution is -2.03. The third-order valence-corrected chi connectivity index (χ3v) is 6.76. The van der Waals surface area contributed by atoms with Crippen LogP contribution >= 0.6 is 0 Å². The Balaban J connectivity index is 1.93. The maximum Gasteiger partial charge on any atom is 0.284 e. The number of hydrogen-bond acceptors (Lipinski definition) is 7. The van der Waals surface area contributed by atoms with E-state index in [1.54, 1.807) is 18.2 Å². The number of carbonyl (C=O) groups is 1. The molecule has 0 saturated carbocycles. The molecular formula is C21H12N2O7S. The van der Waals surface area contributed by atoms with Crippen molar-refractivity contribution < 1.29 is 23.1 Å². The van der Waals surface area contributed by atoms with E-state index in [4.69, 9.17) is 0 Å². The number of non-ortho nitro benzene ring substituents is 1. The average Bonchev–Trinajstić information content (AvgIpc) is 3.04. The molecule has 0 bridgehead atoms. The van der Waals surface area contributed by atoms with Crippen molar-refractivity contribution in [2.75, 3.05) is 0 Å². The van der Waals surface area contributed by atoms with Crippen molar-refractivity contribution in [3.8, 4) is 11.1 Å². The van der Waals surface area contributed by atoms with Crippen molar-refractivity contribution in [2.24, 2.45) is 0 Å². The molecule has 0 unspecified atom stereocenters. The SMILES string of the molecule is C=Cc1ccc(S(=O)(=O)c2ccc3c(c2)-c2c(cc([N+](=O)[O-])cc2[N+](=O)[O-])C3=O)cc1. The Bertz CT molecular complexity index is 1420. The van der Waals surface area contributed by atoms with Crippen molar-refractivity contribution in [2.45, 2.75) is 9.79 Å². The normalized spacial score (nSPS) is 12.2. The Hall–Kier alpha value is -4.18. The topological polar surface area (TPSA) is 137 Å². The number of nitro benzene ring substituents is 2. The quantitative estimate of drug-likeness (QED) is 0.338. The molecule has 4 rings (SSSR count). The molecule has 0 atom stereocenters. The summed E-state index contributed by atoms with van der Waals surface area (Å²) in [4.78, 5) is 33.6. The van der Waals surface area contributed by atoms with Crippen molar-refractivity contribution in [1.29, 1.82) is 0 Å². The highest BCUT2D eigenvalue weighted by Gasteiger charge is 2.37. The van der Waals surface area contributed by atoms with Gasteiger partial charge in [0.15, 0.2) is 5.78 Å². The van der Waals surface area contributed by atoms with Gasteiger partial charge in [0.25, 0.3) is 11.4 Å². The summed E-state index contributed by atoms with van der Waals surface area (Å²) in [6.45, 7) is 3.61. The molecular weight excluding hydrogens is 424 g/mol. The largest absolute Gasteiger partial charge is 0.289 e. The molecule has 0 fully saturated rings. The van der Waals surface area contributed by atoms with Crippen molar-refractivity contribution in [3.05, 3.63) is 98.1 Å². The molecule has 0 aliphatic heterocycles. The highest BCUT2D eigenvalue weighted by atomic mass is 32.2. The van der Waals surface area contributed by atoms with Crippen LogP contribution in [-0.4, -0.2) is 24.0 Å². The van der Waals surface area contributed by atoms with Gasteiger partial charge in [-0.3, -0.25) is 25.0 Å². The van der Waals surface area contributed by atoms with Gasteiger partial charge in [0.05, 0.1) is 31.3 Å². The number of ketones is 1. The summed E-state index contributed by atoms with van der Waals surface area (Å²) in [5.41, 5.74) is -0.757. The second-order valence-corrected chi connectivity index (χ2v) is 8.66. The second-order valence-electron chi connectivity index (χ2n) is 6.71. The second kappa shape index (κ2) is 6.96. The minimum atomic E-state index is -3.98. The molecule has 3 aromatic carbocycles. The van der Waals surface area contributed by atoms with Crippen molar-refractivity contribution >= 4 is 33.1 Å². The number of hydrogen-bond donors (Lipinski definition) is 0. The average molecular weight is 436 g/mol. The number of carbonyl (C=O) groups excluding carboxylic acids is 1. The molecule has 0 aromatic heterocycles. The summed E-state index contributed by atoms with van der Waals surface area (Å²) < 4.78 is 26.1. The number of rotatable bonds is 5. The Labute approximate surface area is 175 Å². The van der Waals surface area contributed by atoms with Crippen LogP contribution in [-0.2, 0) is 9.84 Å². The highest BCUT2D eigenvalue weighted by molar-refractivity contribution is 7.91. The fraction of sp³-hybridized carbons (Fsp3) is 0. The van der Waals surface area contributed by atoms with E-state index in [9.17, 15) is 33.4 Å². The van der Waals surface area contributed by atoms with Crippen molar-refractivity contribution in [3.63, 3.8) is 0 Å². The maximum atomic E-state index is 13.1. The van der Waals surface area contributed by atoms with Gasteiger partial charge in [-0.05, 0) is 35.9 Å². The van der Waals surface area contributed by atoms with Gasteiger partial charge < -0.3 is 0 Å². The first-order valence-electron chi connectivity index (χ1n) is 8.78. The van der Waals surface area contributed by atoms with Crippen LogP contribution in [0.2, 0.25) is 0 Å². The summed E-state index contributed by atoms with van der Waals surface area (Å²) in [5, 5.41) is 22.7. The summed E-state index contributed by atoms with van der Waals surface area (Å²) in [6.07, 6.45) is 1.56. The Morgan fingerprint density at radius 3 is 2.03 bits per heavy atom.